The second kappa shape index (κ2) is 9.40. The summed E-state index contributed by atoms with van der Waals surface area (Å²) in [5, 5.41) is 0. The van der Waals surface area contributed by atoms with Crippen LogP contribution < -0.4 is 9.47 Å². The molecule has 2 aromatic rings. The Morgan fingerprint density at radius 1 is 1.17 bits per heavy atom. The van der Waals surface area contributed by atoms with Crippen LogP contribution in [-0.2, 0) is 13.1 Å². The number of ether oxygens (including phenoxy) is 2. The number of hydrogen-bond donors (Lipinski definition) is 0. The number of carbonyl (C=O) groups is 1. The standard InChI is InChI=1S/C24H30FNO3/c1-5-7-13-28-23-20-15-26(16(3)6-2)14-19(20)22(25)17(4)21(23)24(27)29-18-11-9-8-10-12-18/h8-12,16H,5-7,13-15H2,1-4H3/t16-/m0/s1. The van der Waals surface area contributed by atoms with Crippen LogP contribution in [0.1, 0.15) is 67.1 Å². The van der Waals surface area contributed by atoms with E-state index in [4.69, 9.17) is 9.47 Å². The monoisotopic (exact) mass is 399 g/mol. The summed E-state index contributed by atoms with van der Waals surface area (Å²) in [6, 6.07) is 9.17. The molecule has 1 aliphatic rings. The van der Waals surface area contributed by atoms with Crippen LogP contribution in [0.3, 0.4) is 0 Å². The Morgan fingerprint density at radius 3 is 2.52 bits per heavy atom. The first-order chi connectivity index (χ1) is 14.0. The highest BCUT2D eigenvalue weighted by Crippen LogP contribution is 2.40. The maximum Gasteiger partial charge on any atom is 0.347 e. The first-order valence-electron chi connectivity index (χ1n) is 10.5. The van der Waals surface area contributed by atoms with E-state index in [-0.39, 0.29) is 11.4 Å². The lowest BCUT2D eigenvalue weighted by Gasteiger charge is -2.22. The quantitative estimate of drug-likeness (QED) is 0.327. The van der Waals surface area contributed by atoms with E-state index in [0.29, 0.717) is 48.4 Å². The van der Waals surface area contributed by atoms with E-state index in [2.05, 4.69) is 25.7 Å². The summed E-state index contributed by atoms with van der Waals surface area (Å²) in [5.41, 5.74) is 1.92. The van der Waals surface area contributed by atoms with Gasteiger partial charge in [-0.1, -0.05) is 38.5 Å². The Kier molecular flexibility index (Phi) is 6.91. The van der Waals surface area contributed by atoms with Crippen LogP contribution in [0.5, 0.6) is 11.5 Å². The number of hydrogen-bond acceptors (Lipinski definition) is 4. The first kappa shape index (κ1) is 21.3. The van der Waals surface area contributed by atoms with Gasteiger partial charge in [0.1, 0.15) is 22.9 Å². The number of benzene rings is 2. The number of rotatable bonds is 8. The van der Waals surface area contributed by atoms with Crippen molar-refractivity contribution in [2.45, 2.75) is 66.1 Å². The van der Waals surface area contributed by atoms with Gasteiger partial charge in [-0.3, -0.25) is 4.90 Å². The van der Waals surface area contributed by atoms with E-state index in [1.54, 1.807) is 31.2 Å². The largest absolute Gasteiger partial charge is 0.492 e. The van der Waals surface area contributed by atoms with Crippen LogP contribution in [-0.4, -0.2) is 23.5 Å². The van der Waals surface area contributed by atoms with Gasteiger partial charge >= 0.3 is 5.97 Å². The van der Waals surface area contributed by atoms with Crippen LogP contribution >= 0.6 is 0 Å². The minimum absolute atomic E-state index is 0.201. The van der Waals surface area contributed by atoms with Crippen molar-refractivity contribution in [3.05, 3.63) is 58.4 Å². The summed E-state index contributed by atoms with van der Waals surface area (Å²) in [6.45, 7) is 9.58. The molecule has 0 bridgehead atoms. The van der Waals surface area contributed by atoms with Crippen molar-refractivity contribution in [1.82, 2.24) is 4.90 Å². The fraction of sp³-hybridized carbons (Fsp3) is 0.458. The predicted molar refractivity (Wildman–Crippen MR) is 112 cm³/mol. The number of esters is 1. The van der Waals surface area contributed by atoms with Crippen LogP contribution in [0.15, 0.2) is 30.3 Å². The Labute approximate surface area is 172 Å². The zero-order valence-electron chi connectivity index (χ0n) is 17.8. The van der Waals surface area contributed by atoms with Gasteiger partial charge in [-0.25, -0.2) is 9.18 Å². The molecule has 1 aliphatic heterocycles. The van der Waals surface area contributed by atoms with Crippen molar-refractivity contribution in [2.75, 3.05) is 6.61 Å². The van der Waals surface area contributed by atoms with Crippen LogP contribution in [0, 0.1) is 12.7 Å². The van der Waals surface area contributed by atoms with Gasteiger partial charge in [0.25, 0.3) is 0 Å². The third kappa shape index (κ3) is 4.45. The number of carbonyl (C=O) groups excluding carboxylic acids is 1. The van der Waals surface area contributed by atoms with Gasteiger partial charge in [-0.2, -0.15) is 0 Å². The fourth-order valence-electron chi connectivity index (χ4n) is 3.66. The van der Waals surface area contributed by atoms with Crippen molar-refractivity contribution in [1.29, 1.82) is 0 Å². The van der Waals surface area contributed by atoms with Gasteiger partial charge < -0.3 is 9.47 Å². The number of para-hydroxylation sites is 1. The molecule has 0 radical (unpaired) electrons. The highest BCUT2D eigenvalue weighted by Gasteiger charge is 2.34. The third-order valence-electron chi connectivity index (χ3n) is 5.67. The molecule has 3 rings (SSSR count). The summed E-state index contributed by atoms with van der Waals surface area (Å²) in [5.74, 6) is 0.00942. The molecule has 1 atom stereocenters. The Balaban J connectivity index is 2.03. The molecule has 0 amide bonds. The summed E-state index contributed by atoms with van der Waals surface area (Å²) in [4.78, 5) is 15.3. The van der Waals surface area contributed by atoms with Gasteiger partial charge in [-0.15, -0.1) is 0 Å². The smallest absolute Gasteiger partial charge is 0.347 e. The lowest BCUT2D eigenvalue weighted by atomic mass is 9.98. The number of halogens is 1. The van der Waals surface area contributed by atoms with E-state index >= 15 is 4.39 Å². The number of unbranched alkanes of at least 4 members (excludes halogenated alkanes) is 1. The second-order valence-corrected chi connectivity index (χ2v) is 7.67. The van der Waals surface area contributed by atoms with Gasteiger partial charge in [-0.05, 0) is 38.8 Å². The Bertz CT molecular complexity index is 866. The van der Waals surface area contributed by atoms with Crippen molar-refractivity contribution < 1.29 is 18.7 Å². The number of fused-ring (bicyclic) bond motifs is 1. The Hall–Kier alpha value is -2.40. The molecule has 0 fully saturated rings. The van der Waals surface area contributed by atoms with Crippen molar-refractivity contribution in [3.63, 3.8) is 0 Å². The van der Waals surface area contributed by atoms with Crippen molar-refractivity contribution in [3.8, 4) is 11.5 Å². The summed E-state index contributed by atoms with van der Waals surface area (Å²) >= 11 is 0. The molecule has 0 unspecified atom stereocenters. The van der Waals surface area contributed by atoms with Crippen molar-refractivity contribution >= 4 is 5.97 Å². The molecule has 0 N–H and O–H groups in total. The van der Waals surface area contributed by atoms with Gasteiger partial charge in [0.05, 0.1) is 6.61 Å². The summed E-state index contributed by atoms with van der Waals surface area (Å²) in [7, 11) is 0. The maximum absolute atomic E-state index is 15.3. The highest BCUT2D eigenvalue weighted by molar-refractivity contribution is 5.96. The second-order valence-electron chi connectivity index (χ2n) is 7.67. The maximum atomic E-state index is 15.3. The molecule has 0 saturated carbocycles. The molecular formula is C24H30FNO3. The van der Waals surface area contributed by atoms with E-state index in [1.807, 2.05) is 6.07 Å². The van der Waals surface area contributed by atoms with Crippen LogP contribution in [0.4, 0.5) is 4.39 Å². The Morgan fingerprint density at radius 2 is 1.86 bits per heavy atom. The molecule has 29 heavy (non-hydrogen) atoms. The van der Waals surface area contributed by atoms with Gasteiger partial charge in [0.15, 0.2) is 0 Å². The molecule has 0 saturated heterocycles. The van der Waals surface area contributed by atoms with E-state index in [9.17, 15) is 4.79 Å². The zero-order valence-corrected chi connectivity index (χ0v) is 17.8. The normalized spacial score (nSPS) is 14.5. The molecule has 5 heteroatoms. The van der Waals surface area contributed by atoms with Gasteiger partial charge in [0.2, 0.25) is 0 Å². The average molecular weight is 400 g/mol. The van der Waals surface area contributed by atoms with Crippen LogP contribution in [0.25, 0.3) is 0 Å². The minimum atomic E-state index is -0.580. The van der Waals surface area contributed by atoms with Gasteiger partial charge in [0, 0.05) is 35.8 Å². The molecule has 0 aromatic heterocycles. The molecule has 0 spiro atoms. The summed E-state index contributed by atoms with van der Waals surface area (Å²) in [6.07, 6.45) is 2.82. The fourth-order valence-corrected chi connectivity index (χ4v) is 3.66. The topological polar surface area (TPSA) is 38.8 Å². The molecule has 2 aromatic carbocycles. The lowest BCUT2D eigenvalue weighted by molar-refractivity contribution is 0.0728. The third-order valence-corrected chi connectivity index (χ3v) is 5.67. The molecule has 156 valence electrons. The molecule has 1 heterocycles. The van der Waals surface area contributed by atoms with Crippen LogP contribution in [0.2, 0.25) is 0 Å². The highest BCUT2D eigenvalue weighted by atomic mass is 19.1. The minimum Gasteiger partial charge on any atom is -0.492 e. The van der Waals surface area contributed by atoms with Crippen molar-refractivity contribution in [2.24, 2.45) is 0 Å². The van der Waals surface area contributed by atoms with E-state index in [1.165, 1.54) is 0 Å². The SMILES string of the molecule is CCCCOc1c2c(c(F)c(C)c1C(=O)Oc1ccccc1)CN([C@@H](C)CC)C2. The van der Waals surface area contributed by atoms with E-state index in [0.717, 1.165) is 24.8 Å². The van der Waals surface area contributed by atoms with E-state index < -0.39 is 5.97 Å². The average Bonchev–Trinajstić information content (AvgIpc) is 3.17. The number of nitrogens with zero attached hydrogens (tertiary/aromatic N) is 1. The molecular weight excluding hydrogens is 369 g/mol. The summed E-state index contributed by atoms with van der Waals surface area (Å²) < 4.78 is 26.9. The first-order valence-corrected chi connectivity index (χ1v) is 10.5. The molecule has 0 aliphatic carbocycles. The lowest BCUT2D eigenvalue weighted by Crippen LogP contribution is -2.27. The molecule has 4 nitrogen and oxygen atoms in total. The predicted octanol–water partition coefficient (Wildman–Crippen LogP) is 5.65. The zero-order chi connectivity index (χ0) is 21.0.